The average molecular weight is 121 g/mol. The summed E-state index contributed by atoms with van der Waals surface area (Å²) in [4.78, 5) is -0.0903. The molecule has 42 valence electrons. The lowest BCUT2D eigenvalue weighted by Crippen LogP contribution is -2.31. The van der Waals surface area contributed by atoms with E-state index in [0.29, 0.717) is 0 Å². The van der Waals surface area contributed by atoms with Crippen LogP contribution in [-0.2, 0) is 0 Å². The zero-order chi connectivity index (χ0) is 6.08. The fourth-order valence-corrected chi connectivity index (χ4v) is 0. The van der Waals surface area contributed by atoms with Crippen molar-refractivity contribution in [2.45, 2.75) is 19.5 Å². The number of thiocarbonyl (C=S) groups is 1. The predicted octanol–water partition coefficient (Wildman–Crippen LogP) is 1.02. The topological polar surface area (TPSA) is 26.0 Å². The van der Waals surface area contributed by atoms with Crippen LogP contribution in [0.1, 0.15) is 13.8 Å². The second-order valence-electron chi connectivity index (χ2n) is 1.84. The first kappa shape index (κ1) is 6.82. The number of hydrogen-bond donors (Lipinski definition) is 1. The molecule has 0 aliphatic heterocycles. The van der Waals surface area contributed by atoms with Gasteiger partial charge < -0.3 is 5.73 Å². The monoisotopic (exact) mass is 121 g/mol. The third-order valence-electron chi connectivity index (χ3n) is 0.586. The minimum absolute atomic E-state index is 0.0903. The molecule has 0 amide bonds. The molecule has 0 atom stereocenters. The summed E-state index contributed by atoms with van der Waals surface area (Å²) >= 11 is 4.34. The lowest BCUT2D eigenvalue weighted by atomic mass is 10.2. The molecule has 0 aromatic heterocycles. The van der Waals surface area contributed by atoms with Gasteiger partial charge in [0.2, 0.25) is 0 Å². The van der Waals surface area contributed by atoms with Gasteiger partial charge in [0.1, 0.15) is 4.99 Å². The molecule has 3 heteroatoms. The van der Waals surface area contributed by atoms with Gasteiger partial charge in [0, 0.05) is 0 Å². The van der Waals surface area contributed by atoms with Gasteiger partial charge in [-0.05, 0) is 13.8 Å². The second-order valence-corrected chi connectivity index (χ2v) is 2.28. The van der Waals surface area contributed by atoms with E-state index in [1.165, 1.54) is 13.8 Å². The molecule has 0 aliphatic rings. The summed E-state index contributed by atoms with van der Waals surface area (Å²) in [5, 5.41) is 0. The summed E-state index contributed by atoms with van der Waals surface area (Å²) in [5.41, 5.74) is 3.44. The Bertz CT molecular complexity index is 84.2. The molecule has 0 aromatic rings. The molecule has 0 fully saturated rings. The van der Waals surface area contributed by atoms with Crippen molar-refractivity contribution < 1.29 is 4.39 Å². The Balaban J connectivity index is 3.79. The summed E-state index contributed by atoms with van der Waals surface area (Å²) < 4.78 is 12.2. The first-order valence-corrected chi connectivity index (χ1v) is 2.34. The summed E-state index contributed by atoms with van der Waals surface area (Å²) in [6.07, 6.45) is 0. The lowest BCUT2D eigenvalue weighted by molar-refractivity contribution is 0.315. The molecular formula is C4H8FNS. The van der Waals surface area contributed by atoms with Crippen molar-refractivity contribution in [3.63, 3.8) is 0 Å². The number of nitrogens with two attached hydrogens (primary N) is 1. The molecule has 0 heterocycles. The van der Waals surface area contributed by atoms with Crippen LogP contribution in [0.5, 0.6) is 0 Å². The normalized spacial score (nSPS) is 11.3. The van der Waals surface area contributed by atoms with E-state index in [0.717, 1.165) is 0 Å². The van der Waals surface area contributed by atoms with Gasteiger partial charge in [-0.25, -0.2) is 4.39 Å². The van der Waals surface area contributed by atoms with E-state index in [-0.39, 0.29) is 4.99 Å². The summed E-state index contributed by atoms with van der Waals surface area (Å²) in [5.74, 6) is 0. The van der Waals surface area contributed by atoms with Crippen molar-refractivity contribution in [2.75, 3.05) is 0 Å². The first-order chi connectivity index (χ1) is 2.94. The zero-order valence-electron chi connectivity index (χ0n) is 4.36. The zero-order valence-corrected chi connectivity index (χ0v) is 5.18. The van der Waals surface area contributed by atoms with Gasteiger partial charge in [0.05, 0.1) is 0 Å². The predicted molar refractivity (Wildman–Crippen MR) is 32.0 cm³/mol. The maximum atomic E-state index is 12.2. The molecule has 0 saturated carbocycles. The molecule has 0 aromatic carbocycles. The Labute approximate surface area is 47.7 Å². The number of rotatable bonds is 1. The smallest absolute Gasteiger partial charge is 0.154 e. The van der Waals surface area contributed by atoms with Crippen molar-refractivity contribution in [3.05, 3.63) is 0 Å². The van der Waals surface area contributed by atoms with E-state index in [9.17, 15) is 4.39 Å². The highest BCUT2D eigenvalue weighted by Crippen LogP contribution is 2.06. The average Bonchev–Trinajstić information content (AvgIpc) is 1.31. The van der Waals surface area contributed by atoms with Crippen LogP contribution in [0, 0.1) is 0 Å². The van der Waals surface area contributed by atoms with Crippen molar-refractivity contribution in [1.29, 1.82) is 0 Å². The maximum Gasteiger partial charge on any atom is 0.154 e. The fraction of sp³-hybridized carbons (Fsp3) is 0.750. The second kappa shape index (κ2) is 1.74. The third kappa shape index (κ3) is 2.51. The van der Waals surface area contributed by atoms with E-state index in [1.807, 2.05) is 0 Å². The van der Waals surface area contributed by atoms with Crippen molar-refractivity contribution in [3.8, 4) is 0 Å². The molecule has 0 radical (unpaired) electrons. The number of alkyl halides is 1. The Kier molecular flexibility index (Phi) is 1.69. The highest BCUT2D eigenvalue weighted by molar-refractivity contribution is 7.80. The molecule has 1 nitrogen and oxygen atoms in total. The molecule has 0 unspecified atom stereocenters. The van der Waals surface area contributed by atoms with Crippen molar-refractivity contribution in [2.24, 2.45) is 5.73 Å². The molecule has 0 saturated heterocycles. The Morgan fingerprint density at radius 3 is 1.86 bits per heavy atom. The van der Waals surface area contributed by atoms with Gasteiger partial charge in [-0.3, -0.25) is 0 Å². The Morgan fingerprint density at radius 1 is 1.71 bits per heavy atom. The first-order valence-electron chi connectivity index (χ1n) is 1.93. The van der Waals surface area contributed by atoms with Crippen LogP contribution in [0.3, 0.4) is 0 Å². The molecule has 0 rings (SSSR count). The minimum atomic E-state index is -1.49. The highest BCUT2D eigenvalue weighted by Gasteiger charge is 2.17. The Hall–Kier alpha value is -0.180. The lowest BCUT2D eigenvalue weighted by Gasteiger charge is -2.09. The molecule has 7 heavy (non-hydrogen) atoms. The minimum Gasteiger partial charge on any atom is -0.391 e. The standard InChI is InChI=1S/C4H8FNS/c1-4(2,5)3(6)7/h1-2H3,(H2,6,7). The summed E-state index contributed by atoms with van der Waals surface area (Å²) in [6, 6.07) is 0. The van der Waals surface area contributed by atoms with Crippen LogP contribution in [0.4, 0.5) is 4.39 Å². The van der Waals surface area contributed by atoms with Gasteiger partial charge in [0.15, 0.2) is 5.67 Å². The largest absolute Gasteiger partial charge is 0.391 e. The van der Waals surface area contributed by atoms with Crippen molar-refractivity contribution >= 4 is 17.2 Å². The van der Waals surface area contributed by atoms with Gasteiger partial charge in [-0.15, -0.1) is 0 Å². The SMILES string of the molecule is CC(C)(F)C(N)=S. The quantitative estimate of drug-likeness (QED) is 0.524. The van der Waals surface area contributed by atoms with E-state index in [4.69, 9.17) is 5.73 Å². The summed E-state index contributed by atoms with van der Waals surface area (Å²) in [6.45, 7) is 2.66. The maximum absolute atomic E-state index is 12.2. The number of halogens is 1. The van der Waals surface area contributed by atoms with Crippen LogP contribution >= 0.6 is 12.2 Å². The van der Waals surface area contributed by atoms with E-state index in [2.05, 4.69) is 12.2 Å². The molecule has 2 N–H and O–H groups in total. The van der Waals surface area contributed by atoms with Gasteiger partial charge in [0.25, 0.3) is 0 Å². The van der Waals surface area contributed by atoms with Gasteiger partial charge in [-0.2, -0.15) is 0 Å². The number of hydrogen-bond acceptors (Lipinski definition) is 1. The van der Waals surface area contributed by atoms with E-state index < -0.39 is 5.67 Å². The fourth-order valence-electron chi connectivity index (χ4n) is 0. The molecular weight excluding hydrogens is 113 g/mol. The molecule has 0 spiro atoms. The summed E-state index contributed by atoms with van der Waals surface area (Å²) in [7, 11) is 0. The van der Waals surface area contributed by atoms with Crippen LogP contribution in [0.15, 0.2) is 0 Å². The van der Waals surface area contributed by atoms with E-state index >= 15 is 0 Å². The van der Waals surface area contributed by atoms with Gasteiger partial charge >= 0.3 is 0 Å². The van der Waals surface area contributed by atoms with Crippen molar-refractivity contribution in [1.82, 2.24) is 0 Å². The van der Waals surface area contributed by atoms with Crippen LogP contribution < -0.4 is 5.73 Å². The Morgan fingerprint density at radius 2 is 1.86 bits per heavy atom. The molecule has 0 aliphatic carbocycles. The van der Waals surface area contributed by atoms with Crippen LogP contribution in [-0.4, -0.2) is 10.7 Å². The third-order valence-corrected chi connectivity index (χ3v) is 1.07. The molecule has 0 bridgehead atoms. The van der Waals surface area contributed by atoms with Gasteiger partial charge in [-0.1, -0.05) is 12.2 Å². The van der Waals surface area contributed by atoms with Crippen LogP contribution in [0.2, 0.25) is 0 Å². The van der Waals surface area contributed by atoms with Crippen LogP contribution in [0.25, 0.3) is 0 Å². The highest BCUT2D eigenvalue weighted by atomic mass is 32.1. The van der Waals surface area contributed by atoms with E-state index in [1.54, 1.807) is 0 Å².